The summed E-state index contributed by atoms with van der Waals surface area (Å²) in [6.07, 6.45) is 0. The normalized spacial score (nSPS) is 12.2. The molecule has 0 rings (SSSR count). The van der Waals surface area contributed by atoms with Crippen molar-refractivity contribution < 1.29 is 52.0 Å². The molecule has 0 aliphatic carbocycles. The van der Waals surface area contributed by atoms with Gasteiger partial charge in [0.1, 0.15) is 0 Å². The Morgan fingerprint density at radius 1 is 0.900 bits per heavy atom. The zero-order valence-electron chi connectivity index (χ0n) is 3.98. The molecule has 10 heteroatoms. The largest absolute Gasteiger partial charge is 0.725 e. The second-order valence-electron chi connectivity index (χ2n) is 0.885. The maximum atomic E-state index is 9.29. The van der Waals surface area contributed by atoms with Crippen LogP contribution in [0.15, 0.2) is 0 Å². The van der Waals surface area contributed by atoms with Gasteiger partial charge in [-0.25, -0.2) is 16.8 Å². The summed E-state index contributed by atoms with van der Waals surface area (Å²) in [5, 5.41) is 0. The van der Waals surface area contributed by atoms with Gasteiger partial charge < -0.3 is 9.11 Å². The number of hydrogen-bond donors (Lipinski definition) is 0. The van der Waals surface area contributed by atoms with E-state index in [-0.39, 0.29) is 22.4 Å². The van der Waals surface area contributed by atoms with E-state index in [1.54, 1.807) is 0 Å². The molecule has 1 radical (unpaired) electrons. The Morgan fingerprint density at radius 3 is 1.10 bits per heavy atom. The van der Waals surface area contributed by atoms with Crippen molar-refractivity contribution in [2.45, 2.75) is 0 Å². The maximum absolute atomic E-state index is 9.29. The topological polar surface area (TPSA) is 124 Å². The Morgan fingerprint density at radius 2 is 1.10 bits per heavy atom. The molecule has 0 saturated heterocycles. The van der Waals surface area contributed by atoms with Crippen molar-refractivity contribution >= 4 is 20.8 Å². The minimum absolute atomic E-state index is 0. The van der Waals surface area contributed by atoms with Gasteiger partial charge in [0, 0.05) is 22.4 Å². The average Bonchev–Trinajstić information content (AvgIpc) is 1.14. The summed E-state index contributed by atoms with van der Waals surface area (Å²) >= 11 is 0. The van der Waals surface area contributed by atoms with Gasteiger partial charge in [-0.3, -0.25) is 0 Å². The molecule has 0 fully saturated rings. The number of hydrogen-bond acceptors (Lipinski definition) is 7. The molecule has 0 saturated carbocycles. The molecule has 0 aromatic carbocycles. The van der Waals surface area contributed by atoms with Crippen LogP contribution in [0.3, 0.4) is 0 Å². The van der Waals surface area contributed by atoms with Gasteiger partial charge >= 0.3 is 0 Å². The fourth-order valence-electron chi connectivity index (χ4n) is 0.102. The first-order valence-electron chi connectivity index (χ1n) is 1.33. The molecule has 0 heterocycles. The summed E-state index contributed by atoms with van der Waals surface area (Å²) < 4.78 is 58.2. The van der Waals surface area contributed by atoms with Crippen molar-refractivity contribution in [3.63, 3.8) is 0 Å². The van der Waals surface area contributed by atoms with Gasteiger partial charge in [0.25, 0.3) is 0 Å². The van der Waals surface area contributed by atoms with Crippen LogP contribution in [0.2, 0.25) is 0 Å². The van der Waals surface area contributed by atoms with E-state index < -0.39 is 20.8 Å². The third-order valence-corrected chi connectivity index (χ3v) is 1.50. The molecule has 0 N–H and O–H groups in total. The van der Waals surface area contributed by atoms with Crippen LogP contribution >= 0.6 is 0 Å². The predicted molar refractivity (Wildman–Crippen MR) is 20.5 cm³/mol. The molecule has 0 spiro atoms. The Labute approximate surface area is 72.8 Å². The molecule has 0 amide bonds. The Hall–Kier alpha value is 0.520. The molecule has 0 aromatic heterocycles. The van der Waals surface area contributed by atoms with Crippen LogP contribution in [-0.4, -0.2) is 25.9 Å². The van der Waals surface area contributed by atoms with E-state index in [2.05, 4.69) is 3.63 Å². The smallest absolute Gasteiger partial charge is 0.231 e. The quantitative estimate of drug-likeness (QED) is 0.324. The van der Waals surface area contributed by atoms with Crippen LogP contribution in [0, 0.1) is 0 Å². The van der Waals surface area contributed by atoms with Gasteiger partial charge in [0.15, 0.2) is 0 Å². The predicted octanol–water partition coefficient (Wildman–Crippen LogP) is -2.08. The minimum atomic E-state index is -5.43. The fourth-order valence-corrected chi connectivity index (χ4v) is 0.919. The van der Waals surface area contributed by atoms with E-state index in [4.69, 9.17) is 0 Å². The van der Waals surface area contributed by atoms with E-state index in [1.165, 1.54) is 0 Å². The Kier molecular flexibility index (Phi) is 4.97. The first kappa shape index (κ1) is 13.1. The molecule has 0 aromatic rings. The van der Waals surface area contributed by atoms with Gasteiger partial charge in [0.2, 0.25) is 20.8 Å². The van der Waals surface area contributed by atoms with E-state index in [1.807, 2.05) is 0 Å². The second-order valence-corrected chi connectivity index (χ2v) is 3.06. The number of rotatable bonds is 2. The zero-order chi connectivity index (χ0) is 7.71. The Bertz CT molecular complexity index is 237. The zero-order valence-corrected chi connectivity index (χ0v) is 7.09. The van der Waals surface area contributed by atoms with Gasteiger partial charge in [-0.15, -0.1) is 0 Å². The minimum Gasteiger partial charge on any atom is -0.725 e. The van der Waals surface area contributed by atoms with Crippen molar-refractivity contribution in [1.29, 1.82) is 0 Å². The molecular weight excluding hydrogens is 284 g/mol. The molecule has 67 valence electrons. The molecule has 0 atom stereocenters. The van der Waals surface area contributed by atoms with E-state index in [9.17, 15) is 25.9 Å². The van der Waals surface area contributed by atoms with Gasteiger partial charge in [0.05, 0.1) is 0 Å². The van der Waals surface area contributed by atoms with Crippen molar-refractivity contribution in [3.05, 3.63) is 0 Å². The van der Waals surface area contributed by atoms with Crippen LogP contribution in [0.4, 0.5) is 0 Å². The molecule has 7 nitrogen and oxygen atoms in total. The van der Waals surface area contributed by atoms with Crippen LogP contribution in [0.1, 0.15) is 0 Å². The van der Waals surface area contributed by atoms with E-state index in [0.29, 0.717) is 0 Å². The van der Waals surface area contributed by atoms with Crippen LogP contribution in [0.5, 0.6) is 0 Å². The third-order valence-electron chi connectivity index (χ3n) is 0.167. The van der Waals surface area contributed by atoms with Crippen molar-refractivity contribution in [2.75, 3.05) is 0 Å². The van der Waals surface area contributed by atoms with Gasteiger partial charge in [-0.2, -0.15) is 3.63 Å². The third kappa shape index (κ3) is 11.3. The van der Waals surface area contributed by atoms with Crippen molar-refractivity contribution in [3.8, 4) is 0 Å². The SMILES string of the molecule is O=S(=O)([O-])OS(=O)(=O)[O-].[Ag]. The van der Waals surface area contributed by atoms with E-state index in [0.717, 1.165) is 0 Å². The van der Waals surface area contributed by atoms with Crippen molar-refractivity contribution in [1.82, 2.24) is 0 Å². The molecule has 0 aliphatic heterocycles. The molecular formula is AgO7S2-2. The first-order valence-corrected chi connectivity index (χ1v) is 4.00. The second kappa shape index (κ2) is 3.78. The van der Waals surface area contributed by atoms with Crippen LogP contribution in [-0.2, 0) is 46.8 Å². The summed E-state index contributed by atoms with van der Waals surface area (Å²) in [7, 11) is -10.9. The summed E-state index contributed by atoms with van der Waals surface area (Å²) in [5.74, 6) is 0. The van der Waals surface area contributed by atoms with Crippen LogP contribution < -0.4 is 0 Å². The van der Waals surface area contributed by atoms with Crippen molar-refractivity contribution in [2.24, 2.45) is 0 Å². The maximum Gasteiger partial charge on any atom is 0.231 e. The molecule has 0 bridgehead atoms. The molecule has 0 aliphatic rings. The van der Waals surface area contributed by atoms with E-state index >= 15 is 0 Å². The standard InChI is InChI=1S/Ag.H2O7S2/c;1-8(2,3)7-9(4,5)6/h;(H,1,2,3)(H,4,5,6)/p-2. The summed E-state index contributed by atoms with van der Waals surface area (Å²) in [5.41, 5.74) is 0. The summed E-state index contributed by atoms with van der Waals surface area (Å²) in [6.45, 7) is 0. The summed E-state index contributed by atoms with van der Waals surface area (Å²) in [4.78, 5) is 0. The monoisotopic (exact) mass is 283 g/mol. The van der Waals surface area contributed by atoms with Gasteiger partial charge in [-0.1, -0.05) is 0 Å². The molecule has 0 unspecified atom stereocenters. The van der Waals surface area contributed by atoms with Crippen LogP contribution in [0.25, 0.3) is 0 Å². The summed E-state index contributed by atoms with van der Waals surface area (Å²) in [6, 6.07) is 0. The van der Waals surface area contributed by atoms with Gasteiger partial charge in [-0.05, 0) is 0 Å². The Balaban J connectivity index is 0. The fraction of sp³-hybridized carbons (Fsp3) is 0. The molecule has 10 heavy (non-hydrogen) atoms. The average molecular weight is 284 g/mol. The first-order chi connectivity index (χ1) is 3.71.